The third-order valence-corrected chi connectivity index (χ3v) is 6.34. The summed E-state index contributed by atoms with van der Waals surface area (Å²) in [5.41, 5.74) is -0.591. The first-order valence-electron chi connectivity index (χ1n) is 7.22. The molecule has 0 aromatic heterocycles. The first-order valence-corrected chi connectivity index (χ1v) is 8.92. The zero-order chi connectivity index (χ0) is 19.2. The van der Waals surface area contributed by atoms with Gasteiger partial charge in [-0.15, -0.1) is 0 Å². The molecule has 2 rings (SSSR count). The summed E-state index contributed by atoms with van der Waals surface area (Å²) in [7, 11) is 1.16. The Hall–Kier alpha value is -1.48. The van der Waals surface area contributed by atoms with Crippen LogP contribution in [0, 0.1) is 5.82 Å². The predicted octanol–water partition coefficient (Wildman–Crippen LogP) is 3.63. The van der Waals surface area contributed by atoms with Crippen LogP contribution in [0.2, 0.25) is 0 Å². The number of alkyl halides is 2. The lowest BCUT2D eigenvalue weighted by Gasteiger charge is -2.27. The smallest absolute Gasteiger partial charge is 0.421 e. The van der Waals surface area contributed by atoms with E-state index in [0.29, 0.717) is 0 Å². The minimum absolute atomic E-state index is 0.121. The van der Waals surface area contributed by atoms with Crippen LogP contribution < -0.4 is 4.90 Å². The molecule has 2 amide bonds. The Labute approximate surface area is 160 Å². The highest BCUT2D eigenvalue weighted by molar-refractivity contribution is 9.12. The number of imide groups is 1. The maximum Gasteiger partial charge on any atom is 0.421 e. The fraction of sp³-hybridized carbons (Fsp3) is 0.438. The van der Waals surface area contributed by atoms with E-state index in [-0.39, 0.29) is 11.3 Å². The molecular weight excluding hydrogens is 465 g/mol. The van der Waals surface area contributed by atoms with Gasteiger partial charge in [0.05, 0.1) is 12.8 Å². The van der Waals surface area contributed by atoms with E-state index in [1.54, 1.807) is 20.8 Å². The molecule has 0 saturated carbocycles. The van der Waals surface area contributed by atoms with Crippen LogP contribution in [0.1, 0.15) is 26.3 Å². The monoisotopic (exact) mass is 479 g/mol. The Morgan fingerprint density at radius 1 is 1.32 bits per heavy atom. The molecule has 6 nitrogen and oxygen atoms in total. The number of rotatable bonds is 2. The summed E-state index contributed by atoms with van der Waals surface area (Å²) in [4.78, 5) is 37.1. The van der Waals surface area contributed by atoms with Gasteiger partial charge in [-0.25, -0.2) is 14.1 Å². The summed E-state index contributed by atoms with van der Waals surface area (Å²) >= 11 is 6.34. The van der Waals surface area contributed by atoms with Gasteiger partial charge in [-0.05, 0) is 39.0 Å². The second-order valence-electron chi connectivity index (χ2n) is 6.38. The summed E-state index contributed by atoms with van der Waals surface area (Å²) < 4.78 is 22.0. The molecule has 2 atom stereocenters. The topological polar surface area (TPSA) is 72.9 Å². The number of hydrogen-bond donors (Lipinski definition) is 0. The van der Waals surface area contributed by atoms with Gasteiger partial charge < -0.3 is 9.47 Å². The normalized spacial score (nSPS) is 20.9. The van der Waals surface area contributed by atoms with Crippen molar-refractivity contribution in [3.05, 3.63) is 29.6 Å². The first kappa shape index (κ1) is 19.8. The Morgan fingerprint density at radius 3 is 2.44 bits per heavy atom. The van der Waals surface area contributed by atoms with Crippen molar-refractivity contribution in [2.75, 3.05) is 12.0 Å². The Kier molecular flexibility index (Phi) is 5.30. The van der Waals surface area contributed by atoms with E-state index in [4.69, 9.17) is 4.74 Å². The number of esters is 1. The summed E-state index contributed by atoms with van der Waals surface area (Å²) in [6.45, 7) is 4.96. The number of carbonyl (C=O) groups excluding carboxylic acids is 3. The number of nitrogens with zero attached hydrogens (tertiary/aromatic N) is 1. The van der Waals surface area contributed by atoms with E-state index >= 15 is 0 Å². The summed E-state index contributed by atoms with van der Waals surface area (Å²) in [6.07, 6.45) is -0.920. The van der Waals surface area contributed by atoms with Crippen LogP contribution in [0.25, 0.3) is 0 Å². The van der Waals surface area contributed by atoms with Crippen LogP contribution in [-0.4, -0.2) is 35.5 Å². The predicted molar refractivity (Wildman–Crippen MR) is 95.5 cm³/mol. The number of amides is 2. The Morgan fingerprint density at radius 2 is 1.92 bits per heavy atom. The van der Waals surface area contributed by atoms with Gasteiger partial charge in [-0.1, -0.05) is 31.9 Å². The quantitative estimate of drug-likeness (QED) is 0.477. The molecule has 1 heterocycles. The zero-order valence-electron chi connectivity index (χ0n) is 13.9. The third kappa shape index (κ3) is 3.44. The maximum absolute atomic E-state index is 13.8. The lowest BCUT2D eigenvalue weighted by molar-refractivity contribution is -0.141. The Bertz CT molecular complexity index is 749. The maximum atomic E-state index is 13.8. The van der Waals surface area contributed by atoms with Crippen molar-refractivity contribution in [1.82, 2.24) is 0 Å². The van der Waals surface area contributed by atoms with Crippen molar-refractivity contribution in [3.63, 3.8) is 0 Å². The molecule has 0 N–H and O–H groups in total. The van der Waals surface area contributed by atoms with E-state index in [2.05, 4.69) is 36.6 Å². The van der Waals surface area contributed by atoms with Crippen molar-refractivity contribution >= 4 is 55.5 Å². The number of hydrogen-bond acceptors (Lipinski definition) is 5. The molecule has 0 bridgehead atoms. The van der Waals surface area contributed by atoms with Crippen LogP contribution >= 0.6 is 31.9 Å². The number of anilines is 1. The number of fused-ring (bicyclic) bond motifs is 1. The number of halogens is 3. The second kappa shape index (κ2) is 6.68. The van der Waals surface area contributed by atoms with Crippen molar-refractivity contribution in [2.24, 2.45) is 0 Å². The van der Waals surface area contributed by atoms with E-state index in [1.807, 2.05) is 0 Å². The van der Waals surface area contributed by atoms with Crippen LogP contribution in [0.3, 0.4) is 0 Å². The zero-order valence-corrected chi connectivity index (χ0v) is 17.1. The summed E-state index contributed by atoms with van der Waals surface area (Å²) in [6, 6.07) is 3.49. The van der Waals surface area contributed by atoms with Crippen LogP contribution in [0.4, 0.5) is 14.9 Å². The molecule has 9 heteroatoms. The molecule has 1 aliphatic heterocycles. The lowest BCUT2D eigenvalue weighted by atomic mass is 9.96. The van der Waals surface area contributed by atoms with Gasteiger partial charge in [-0.2, -0.15) is 0 Å². The largest absolute Gasteiger partial charge is 0.468 e. The number of carbonyl (C=O) groups is 3. The molecule has 136 valence electrons. The fourth-order valence-electron chi connectivity index (χ4n) is 2.38. The standard InChI is InChI=1S/C16H16Br2FNO5/c1-15(2,3)25-14(23)20-10-6-5-8(19)7-9(10)16(18,13(20)22)11(17)12(21)24-4/h5-7,11H,1-4H3/t11-,16-/m0/s1. The van der Waals surface area contributed by atoms with E-state index in [0.717, 1.165) is 24.1 Å². The fourth-order valence-corrected chi connectivity index (χ4v) is 3.69. The minimum atomic E-state index is -1.71. The molecule has 1 aliphatic rings. The van der Waals surface area contributed by atoms with Gasteiger partial charge in [0.15, 0.2) is 4.32 Å². The van der Waals surface area contributed by atoms with Gasteiger partial charge >= 0.3 is 12.1 Å². The molecule has 0 radical (unpaired) electrons. The molecular formula is C16H16Br2FNO5. The second-order valence-corrected chi connectivity index (χ2v) is 8.55. The molecule has 0 fully saturated rings. The number of benzene rings is 1. The third-order valence-electron chi connectivity index (χ3n) is 3.44. The first-order chi connectivity index (χ1) is 11.4. The number of ether oxygens (including phenoxy) is 2. The minimum Gasteiger partial charge on any atom is -0.468 e. The highest BCUT2D eigenvalue weighted by atomic mass is 79.9. The van der Waals surface area contributed by atoms with E-state index in [9.17, 15) is 18.8 Å². The Balaban J connectivity index is 2.60. The molecule has 0 spiro atoms. The van der Waals surface area contributed by atoms with Gasteiger partial charge in [0.1, 0.15) is 16.2 Å². The molecule has 0 unspecified atom stereocenters. The van der Waals surface area contributed by atoms with Crippen LogP contribution in [0.15, 0.2) is 18.2 Å². The van der Waals surface area contributed by atoms with E-state index < -0.39 is 38.5 Å². The highest BCUT2D eigenvalue weighted by Gasteiger charge is 2.58. The van der Waals surface area contributed by atoms with Crippen LogP contribution in [-0.2, 0) is 23.4 Å². The van der Waals surface area contributed by atoms with Crippen LogP contribution in [0.5, 0.6) is 0 Å². The van der Waals surface area contributed by atoms with Gasteiger partial charge in [-0.3, -0.25) is 9.59 Å². The lowest BCUT2D eigenvalue weighted by Crippen LogP contribution is -2.48. The summed E-state index contributed by atoms with van der Waals surface area (Å²) in [5.74, 6) is -2.16. The van der Waals surface area contributed by atoms with E-state index in [1.165, 1.54) is 6.07 Å². The molecule has 0 saturated heterocycles. The van der Waals surface area contributed by atoms with Gasteiger partial charge in [0.25, 0.3) is 5.91 Å². The molecule has 1 aromatic rings. The highest BCUT2D eigenvalue weighted by Crippen LogP contribution is 2.51. The van der Waals surface area contributed by atoms with Crippen molar-refractivity contribution in [2.45, 2.75) is 35.5 Å². The number of methoxy groups -OCH3 is 1. The molecule has 0 aliphatic carbocycles. The average Bonchev–Trinajstić information content (AvgIpc) is 2.73. The van der Waals surface area contributed by atoms with Gasteiger partial charge in [0.2, 0.25) is 0 Å². The summed E-state index contributed by atoms with van der Waals surface area (Å²) in [5, 5.41) is 0. The van der Waals surface area contributed by atoms with Crippen molar-refractivity contribution < 1.29 is 28.2 Å². The van der Waals surface area contributed by atoms with Gasteiger partial charge in [0, 0.05) is 5.56 Å². The average molecular weight is 481 g/mol. The SMILES string of the molecule is COC(=O)[C@H](Br)[C@]1(Br)C(=O)N(C(=O)OC(C)(C)C)c2ccc(F)cc21. The van der Waals surface area contributed by atoms with Crippen molar-refractivity contribution in [1.29, 1.82) is 0 Å². The van der Waals surface area contributed by atoms with Crippen molar-refractivity contribution in [3.8, 4) is 0 Å². The molecule has 25 heavy (non-hydrogen) atoms. The molecule has 1 aromatic carbocycles.